The third-order valence-electron chi connectivity index (χ3n) is 3.29. The van der Waals surface area contributed by atoms with Gasteiger partial charge in [0.25, 0.3) is 0 Å². The van der Waals surface area contributed by atoms with Crippen LogP contribution in [-0.2, 0) is 9.53 Å². The van der Waals surface area contributed by atoms with Crippen molar-refractivity contribution in [1.29, 1.82) is 0 Å². The molecule has 0 spiro atoms. The van der Waals surface area contributed by atoms with Gasteiger partial charge in [0.05, 0.1) is 13.5 Å². The first-order valence-corrected chi connectivity index (χ1v) is 5.44. The molecule has 1 atom stereocenters. The molecule has 0 aromatic carbocycles. The van der Waals surface area contributed by atoms with Crippen molar-refractivity contribution in [3.05, 3.63) is 0 Å². The number of nitrogens with zero attached hydrogens (tertiary/aromatic N) is 1. The molecular formula is C11H21NO2. The molecule has 0 amide bonds. The summed E-state index contributed by atoms with van der Waals surface area (Å²) in [5.74, 6) is -0.109. The maximum absolute atomic E-state index is 11.1. The predicted octanol–water partition coefficient (Wildman–Crippen LogP) is 1.81. The van der Waals surface area contributed by atoms with Crippen molar-refractivity contribution in [2.75, 3.05) is 14.2 Å². The molecular weight excluding hydrogens is 178 g/mol. The standard InChI is InChI=1S/C11H21NO2/c1-9(8-11(13)14-3)12(2)10-6-4-5-7-10/h9-10H,4-8H2,1-3H3. The Bertz CT molecular complexity index is 188. The van der Waals surface area contributed by atoms with Crippen LogP contribution in [0.5, 0.6) is 0 Å². The minimum absolute atomic E-state index is 0.109. The zero-order chi connectivity index (χ0) is 10.6. The fraction of sp³-hybridized carbons (Fsp3) is 0.909. The van der Waals surface area contributed by atoms with E-state index in [0.29, 0.717) is 18.5 Å². The minimum Gasteiger partial charge on any atom is -0.469 e. The topological polar surface area (TPSA) is 29.5 Å². The first-order valence-electron chi connectivity index (χ1n) is 5.44. The Kier molecular flexibility index (Phi) is 4.39. The summed E-state index contributed by atoms with van der Waals surface area (Å²) in [7, 11) is 3.56. The molecule has 0 saturated heterocycles. The lowest BCUT2D eigenvalue weighted by atomic mass is 10.1. The van der Waals surface area contributed by atoms with Gasteiger partial charge in [-0.3, -0.25) is 4.79 Å². The van der Waals surface area contributed by atoms with Crippen LogP contribution in [0.3, 0.4) is 0 Å². The van der Waals surface area contributed by atoms with E-state index in [0.717, 1.165) is 0 Å². The summed E-state index contributed by atoms with van der Waals surface area (Å²) in [5.41, 5.74) is 0. The zero-order valence-corrected chi connectivity index (χ0v) is 9.45. The number of esters is 1. The van der Waals surface area contributed by atoms with Gasteiger partial charge in [0.1, 0.15) is 0 Å². The van der Waals surface area contributed by atoms with Crippen LogP contribution in [0.1, 0.15) is 39.0 Å². The average Bonchev–Trinajstić information content (AvgIpc) is 2.69. The molecule has 0 N–H and O–H groups in total. The quantitative estimate of drug-likeness (QED) is 0.647. The summed E-state index contributed by atoms with van der Waals surface area (Å²) >= 11 is 0. The third kappa shape index (κ3) is 2.98. The first kappa shape index (κ1) is 11.5. The molecule has 1 fully saturated rings. The molecule has 1 aliphatic rings. The van der Waals surface area contributed by atoms with Gasteiger partial charge in [-0.05, 0) is 26.8 Å². The summed E-state index contributed by atoms with van der Waals surface area (Å²) in [6.45, 7) is 2.09. The van der Waals surface area contributed by atoms with Crippen molar-refractivity contribution in [2.24, 2.45) is 0 Å². The van der Waals surface area contributed by atoms with Crippen LogP contribution < -0.4 is 0 Å². The number of hydrogen-bond acceptors (Lipinski definition) is 3. The second kappa shape index (κ2) is 5.35. The van der Waals surface area contributed by atoms with Gasteiger partial charge in [0, 0.05) is 12.1 Å². The lowest BCUT2D eigenvalue weighted by Crippen LogP contribution is -2.38. The van der Waals surface area contributed by atoms with Gasteiger partial charge in [-0.2, -0.15) is 0 Å². The van der Waals surface area contributed by atoms with E-state index in [1.54, 1.807) is 0 Å². The van der Waals surface area contributed by atoms with E-state index in [1.807, 2.05) is 0 Å². The van der Waals surface area contributed by atoms with Crippen molar-refractivity contribution in [1.82, 2.24) is 4.90 Å². The van der Waals surface area contributed by atoms with E-state index in [4.69, 9.17) is 0 Å². The third-order valence-corrected chi connectivity index (χ3v) is 3.29. The molecule has 0 heterocycles. The van der Waals surface area contributed by atoms with Crippen LogP contribution in [0, 0.1) is 0 Å². The summed E-state index contributed by atoms with van der Waals surface area (Å²) in [4.78, 5) is 13.4. The Morgan fingerprint density at radius 3 is 2.57 bits per heavy atom. The zero-order valence-electron chi connectivity index (χ0n) is 9.45. The predicted molar refractivity (Wildman–Crippen MR) is 56.1 cm³/mol. The normalized spacial score (nSPS) is 20.0. The molecule has 0 radical (unpaired) electrons. The van der Waals surface area contributed by atoms with E-state index in [-0.39, 0.29) is 5.97 Å². The number of methoxy groups -OCH3 is 1. The number of ether oxygens (including phenoxy) is 1. The lowest BCUT2D eigenvalue weighted by molar-refractivity contribution is -0.141. The summed E-state index contributed by atoms with van der Waals surface area (Å²) < 4.78 is 4.67. The molecule has 3 nitrogen and oxygen atoms in total. The Morgan fingerprint density at radius 1 is 1.50 bits per heavy atom. The Hall–Kier alpha value is -0.570. The highest BCUT2D eigenvalue weighted by molar-refractivity contribution is 5.69. The molecule has 14 heavy (non-hydrogen) atoms. The van der Waals surface area contributed by atoms with Crippen LogP contribution in [0.25, 0.3) is 0 Å². The molecule has 1 unspecified atom stereocenters. The van der Waals surface area contributed by atoms with Gasteiger partial charge in [0.2, 0.25) is 0 Å². The molecule has 0 bridgehead atoms. The van der Waals surface area contributed by atoms with Crippen molar-refractivity contribution in [2.45, 2.75) is 51.1 Å². The smallest absolute Gasteiger partial charge is 0.307 e. The van der Waals surface area contributed by atoms with Crippen LogP contribution in [0.4, 0.5) is 0 Å². The van der Waals surface area contributed by atoms with Gasteiger partial charge < -0.3 is 9.64 Å². The summed E-state index contributed by atoms with van der Waals surface area (Å²) in [6, 6.07) is 0.972. The monoisotopic (exact) mass is 199 g/mol. The van der Waals surface area contributed by atoms with Gasteiger partial charge in [-0.25, -0.2) is 0 Å². The molecule has 1 rings (SSSR count). The maximum atomic E-state index is 11.1. The van der Waals surface area contributed by atoms with Gasteiger partial charge >= 0.3 is 5.97 Å². The largest absolute Gasteiger partial charge is 0.469 e. The second-order valence-electron chi connectivity index (χ2n) is 4.23. The average molecular weight is 199 g/mol. The Morgan fingerprint density at radius 2 is 2.07 bits per heavy atom. The van der Waals surface area contributed by atoms with Crippen LogP contribution in [0.2, 0.25) is 0 Å². The molecule has 0 aromatic heterocycles. The number of carbonyl (C=O) groups is 1. The number of carbonyl (C=O) groups excluding carboxylic acids is 1. The Balaban J connectivity index is 2.34. The molecule has 82 valence electrons. The maximum Gasteiger partial charge on any atom is 0.307 e. The van der Waals surface area contributed by atoms with Gasteiger partial charge in [-0.1, -0.05) is 12.8 Å². The molecule has 0 aliphatic heterocycles. The van der Waals surface area contributed by atoms with E-state index < -0.39 is 0 Å². The van der Waals surface area contributed by atoms with E-state index >= 15 is 0 Å². The first-order chi connectivity index (χ1) is 6.65. The van der Waals surface area contributed by atoms with E-state index in [2.05, 4.69) is 23.6 Å². The highest BCUT2D eigenvalue weighted by Crippen LogP contribution is 2.24. The van der Waals surface area contributed by atoms with Gasteiger partial charge in [0.15, 0.2) is 0 Å². The summed E-state index contributed by atoms with van der Waals surface area (Å²) in [6.07, 6.45) is 5.73. The van der Waals surface area contributed by atoms with Crippen molar-refractivity contribution in [3.63, 3.8) is 0 Å². The van der Waals surface area contributed by atoms with Crippen LogP contribution in [0.15, 0.2) is 0 Å². The molecule has 3 heteroatoms. The minimum atomic E-state index is -0.109. The number of hydrogen-bond donors (Lipinski definition) is 0. The lowest BCUT2D eigenvalue weighted by Gasteiger charge is -2.29. The fourth-order valence-electron chi connectivity index (χ4n) is 2.14. The highest BCUT2D eigenvalue weighted by atomic mass is 16.5. The fourth-order valence-corrected chi connectivity index (χ4v) is 2.14. The van der Waals surface area contributed by atoms with E-state index in [9.17, 15) is 4.79 Å². The number of rotatable bonds is 4. The van der Waals surface area contributed by atoms with Crippen molar-refractivity contribution >= 4 is 5.97 Å². The SMILES string of the molecule is COC(=O)CC(C)N(C)C1CCCC1. The molecule has 0 aromatic rings. The second-order valence-corrected chi connectivity index (χ2v) is 4.23. The Labute approximate surface area is 86.4 Å². The van der Waals surface area contributed by atoms with Crippen molar-refractivity contribution < 1.29 is 9.53 Å². The summed E-state index contributed by atoms with van der Waals surface area (Å²) in [5, 5.41) is 0. The van der Waals surface area contributed by atoms with Gasteiger partial charge in [-0.15, -0.1) is 0 Å². The van der Waals surface area contributed by atoms with Crippen LogP contribution in [-0.4, -0.2) is 37.1 Å². The molecule has 1 saturated carbocycles. The van der Waals surface area contributed by atoms with Crippen LogP contribution >= 0.6 is 0 Å². The van der Waals surface area contributed by atoms with Crippen molar-refractivity contribution in [3.8, 4) is 0 Å². The van der Waals surface area contributed by atoms with E-state index in [1.165, 1.54) is 32.8 Å². The highest BCUT2D eigenvalue weighted by Gasteiger charge is 2.24. The molecule has 1 aliphatic carbocycles.